The van der Waals surface area contributed by atoms with Gasteiger partial charge in [-0.05, 0) is 29.8 Å². The molecule has 10 heteroatoms. The summed E-state index contributed by atoms with van der Waals surface area (Å²) in [6, 6.07) is 10.1. The van der Waals surface area contributed by atoms with Crippen LogP contribution < -0.4 is 21.5 Å². The summed E-state index contributed by atoms with van der Waals surface area (Å²) in [6.45, 7) is 6.60. The molecule has 0 unspecified atom stereocenters. The third kappa shape index (κ3) is 4.30. The minimum Gasteiger partial charge on any atom is -0.425 e. The predicted octanol–water partition coefficient (Wildman–Crippen LogP) is 2.52. The molecule has 29 heavy (non-hydrogen) atoms. The highest BCUT2D eigenvalue weighted by Gasteiger charge is 2.16. The fourth-order valence-electron chi connectivity index (χ4n) is 2.66. The lowest BCUT2D eigenvalue weighted by atomic mass is 10.0. The smallest absolute Gasteiger partial charge is 0.357 e. The molecule has 0 saturated carbocycles. The molecule has 0 atom stereocenters. The number of urea groups is 1. The van der Waals surface area contributed by atoms with Crippen LogP contribution in [0.2, 0.25) is 0 Å². The highest BCUT2D eigenvalue weighted by molar-refractivity contribution is 6.00. The molecule has 3 amide bonds. The quantitative estimate of drug-likeness (QED) is 0.555. The van der Waals surface area contributed by atoms with Gasteiger partial charge in [-0.25, -0.2) is 20.4 Å². The second-order valence-electron chi connectivity index (χ2n) is 5.81. The number of anilines is 1. The van der Waals surface area contributed by atoms with Crippen LogP contribution in [0.3, 0.4) is 0 Å². The number of hydrogen-bond donors (Lipinski definition) is 3. The van der Waals surface area contributed by atoms with E-state index in [0.717, 1.165) is 0 Å². The monoisotopic (exact) mass is 394 g/mol. The minimum absolute atomic E-state index is 0.0856. The molecule has 0 spiro atoms. The summed E-state index contributed by atoms with van der Waals surface area (Å²) < 4.78 is 20.2. The Kier molecular flexibility index (Phi) is 5.41. The first kappa shape index (κ1) is 19.4. The number of halogens is 1. The first-order valence-corrected chi connectivity index (χ1v) is 8.21. The molecule has 3 aromatic rings. The molecule has 0 aliphatic heterocycles. The average molecular weight is 394 g/mol. The lowest BCUT2D eigenvalue weighted by Crippen LogP contribution is -2.22. The largest absolute Gasteiger partial charge is 0.425 e. The summed E-state index contributed by atoms with van der Waals surface area (Å²) >= 11 is 0. The Labute approximate surface area is 164 Å². The summed E-state index contributed by atoms with van der Waals surface area (Å²) in [7, 11) is 0. The van der Waals surface area contributed by atoms with E-state index < -0.39 is 17.8 Å². The SMILES string of the molecule is [C-]#[N+]COc1cc(F)ccc1-c1ccc(-n2cc(NC(N)=O)c(C(N)=O)n2)cc1. The van der Waals surface area contributed by atoms with Gasteiger partial charge < -0.3 is 21.5 Å². The number of primary amides is 2. The number of rotatable bonds is 6. The Morgan fingerprint density at radius 2 is 1.93 bits per heavy atom. The van der Waals surface area contributed by atoms with Crippen molar-refractivity contribution in [3.05, 3.63) is 71.6 Å². The van der Waals surface area contributed by atoms with Gasteiger partial charge in [0.25, 0.3) is 5.91 Å². The molecular formula is C19H15FN6O3. The van der Waals surface area contributed by atoms with Gasteiger partial charge in [0.2, 0.25) is 0 Å². The number of benzene rings is 2. The Hall–Kier alpha value is -4.39. The van der Waals surface area contributed by atoms with Crippen molar-refractivity contribution in [1.82, 2.24) is 9.78 Å². The molecule has 1 heterocycles. The van der Waals surface area contributed by atoms with Gasteiger partial charge in [-0.1, -0.05) is 12.1 Å². The van der Waals surface area contributed by atoms with E-state index in [1.54, 1.807) is 30.3 Å². The number of hydrogen-bond acceptors (Lipinski definition) is 4. The van der Waals surface area contributed by atoms with Crippen LogP contribution in [-0.2, 0) is 0 Å². The molecule has 146 valence electrons. The van der Waals surface area contributed by atoms with Crippen LogP contribution in [0.1, 0.15) is 10.5 Å². The third-order valence-corrected chi connectivity index (χ3v) is 3.88. The number of aromatic nitrogens is 2. The van der Waals surface area contributed by atoms with Crippen LogP contribution in [0.5, 0.6) is 5.75 Å². The topological polar surface area (TPSA) is 130 Å². The molecule has 0 fully saturated rings. The van der Waals surface area contributed by atoms with Gasteiger partial charge in [0.15, 0.2) is 5.69 Å². The molecular weight excluding hydrogens is 379 g/mol. The highest BCUT2D eigenvalue weighted by atomic mass is 19.1. The van der Waals surface area contributed by atoms with E-state index in [4.69, 9.17) is 22.8 Å². The van der Waals surface area contributed by atoms with Crippen LogP contribution in [0.25, 0.3) is 21.7 Å². The first-order valence-electron chi connectivity index (χ1n) is 8.21. The van der Waals surface area contributed by atoms with Crippen LogP contribution >= 0.6 is 0 Å². The van der Waals surface area contributed by atoms with Crippen LogP contribution in [0.15, 0.2) is 48.7 Å². The van der Waals surface area contributed by atoms with Gasteiger partial charge in [-0.15, -0.1) is 0 Å². The van der Waals surface area contributed by atoms with Crippen molar-refractivity contribution in [2.45, 2.75) is 0 Å². The van der Waals surface area contributed by atoms with Crippen molar-refractivity contribution in [2.24, 2.45) is 11.5 Å². The number of carbonyl (C=O) groups is 2. The van der Waals surface area contributed by atoms with Crippen LogP contribution in [0.4, 0.5) is 14.9 Å². The summed E-state index contributed by atoms with van der Waals surface area (Å²) in [6.07, 6.45) is 1.40. The van der Waals surface area contributed by atoms with E-state index in [2.05, 4.69) is 15.3 Å². The maximum atomic E-state index is 13.5. The molecule has 0 aliphatic carbocycles. The van der Waals surface area contributed by atoms with Gasteiger partial charge in [-0.3, -0.25) is 9.64 Å². The Morgan fingerprint density at radius 3 is 2.55 bits per heavy atom. The zero-order chi connectivity index (χ0) is 21.0. The number of nitrogens with zero attached hydrogens (tertiary/aromatic N) is 3. The average Bonchev–Trinajstić information content (AvgIpc) is 3.10. The highest BCUT2D eigenvalue weighted by Crippen LogP contribution is 2.31. The second kappa shape index (κ2) is 8.10. The zero-order valence-electron chi connectivity index (χ0n) is 14.9. The van der Waals surface area contributed by atoms with Crippen LogP contribution in [-0.4, -0.2) is 28.4 Å². The number of nitrogens with one attached hydrogen (secondary N) is 1. The maximum Gasteiger partial charge on any atom is 0.357 e. The molecule has 3 rings (SSSR count). The van der Waals surface area contributed by atoms with Gasteiger partial charge in [0.1, 0.15) is 11.6 Å². The van der Waals surface area contributed by atoms with Gasteiger partial charge in [0.05, 0.1) is 17.6 Å². The van der Waals surface area contributed by atoms with E-state index in [1.165, 1.54) is 23.0 Å². The summed E-state index contributed by atoms with van der Waals surface area (Å²) in [5.41, 5.74) is 12.2. The number of nitrogens with two attached hydrogens (primary N) is 2. The molecule has 2 aromatic carbocycles. The lowest BCUT2D eigenvalue weighted by Gasteiger charge is -2.09. The van der Waals surface area contributed by atoms with Crippen molar-refractivity contribution in [1.29, 1.82) is 0 Å². The molecule has 0 aliphatic rings. The lowest BCUT2D eigenvalue weighted by molar-refractivity contribution is 0.0996. The Bertz CT molecular complexity index is 1120. The fraction of sp³-hybridized carbons (Fsp3) is 0.0526. The number of carbonyl (C=O) groups excluding carboxylic acids is 2. The predicted molar refractivity (Wildman–Crippen MR) is 103 cm³/mol. The molecule has 0 radical (unpaired) electrons. The van der Waals surface area contributed by atoms with E-state index in [9.17, 15) is 14.0 Å². The molecule has 0 saturated heterocycles. The minimum atomic E-state index is -0.856. The fourth-order valence-corrected chi connectivity index (χ4v) is 2.66. The maximum absolute atomic E-state index is 13.5. The van der Waals surface area contributed by atoms with Crippen molar-refractivity contribution in [3.63, 3.8) is 0 Å². The normalized spacial score (nSPS) is 10.2. The van der Waals surface area contributed by atoms with Crippen molar-refractivity contribution < 1.29 is 18.7 Å². The van der Waals surface area contributed by atoms with E-state index in [0.29, 0.717) is 16.8 Å². The zero-order valence-corrected chi connectivity index (χ0v) is 14.9. The molecule has 5 N–H and O–H groups in total. The Balaban J connectivity index is 1.95. The van der Waals surface area contributed by atoms with E-state index in [1.807, 2.05) is 0 Å². The molecule has 0 bridgehead atoms. The standard InChI is InChI=1S/C19H15FN6O3/c1-23-10-29-16-8-12(20)4-7-14(16)11-2-5-13(6-3-11)26-9-15(24-19(22)28)17(25-26)18(21)27/h2-9H,10H2,(H2,21,27)(H3,22,24,28). The van der Waals surface area contributed by atoms with Crippen molar-refractivity contribution in [3.8, 4) is 22.6 Å². The Morgan fingerprint density at radius 1 is 1.21 bits per heavy atom. The van der Waals surface area contributed by atoms with Crippen molar-refractivity contribution in [2.75, 3.05) is 12.0 Å². The summed E-state index contributed by atoms with van der Waals surface area (Å²) in [5.74, 6) is -1.05. The van der Waals surface area contributed by atoms with Gasteiger partial charge in [-0.2, -0.15) is 5.10 Å². The number of ether oxygens (including phenoxy) is 1. The van der Waals surface area contributed by atoms with Gasteiger partial charge >= 0.3 is 12.8 Å². The first-order chi connectivity index (χ1) is 13.9. The summed E-state index contributed by atoms with van der Waals surface area (Å²) in [4.78, 5) is 25.7. The van der Waals surface area contributed by atoms with Crippen LogP contribution in [0, 0.1) is 12.4 Å². The molecule has 1 aromatic heterocycles. The number of amides is 3. The van der Waals surface area contributed by atoms with E-state index >= 15 is 0 Å². The summed E-state index contributed by atoms with van der Waals surface area (Å²) in [5, 5.41) is 6.36. The second-order valence-corrected chi connectivity index (χ2v) is 5.81. The van der Waals surface area contributed by atoms with E-state index in [-0.39, 0.29) is 23.9 Å². The molecule has 9 nitrogen and oxygen atoms in total. The van der Waals surface area contributed by atoms with Gasteiger partial charge in [0, 0.05) is 11.6 Å². The third-order valence-electron chi connectivity index (χ3n) is 3.88. The van der Waals surface area contributed by atoms with Crippen molar-refractivity contribution >= 4 is 17.6 Å².